The Balaban J connectivity index is 2.68. The first-order chi connectivity index (χ1) is 9.94. The van der Waals surface area contributed by atoms with Crippen LogP contribution in [0.1, 0.15) is 18.4 Å². The number of hydrogen-bond donors (Lipinski definition) is 2. The number of carboxylic acids is 1. The van der Waals surface area contributed by atoms with Crippen LogP contribution < -0.4 is 4.72 Å². The van der Waals surface area contributed by atoms with Crippen molar-refractivity contribution in [2.45, 2.75) is 18.9 Å². The zero-order valence-corrected chi connectivity index (χ0v) is 12.5. The van der Waals surface area contributed by atoms with Gasteiger partial charge in [0.25, 0.3) is 0 Å². The number of rotatable bonds is 9. The van der Waals surface area contributed by atoms with Crippen molar-refractivity contribution in [2.24, 2.45) is 0 Å². The summed E-state index contributed by atoms with van der Waals surface area (Å²) < 4.78 is 30.7. The molecule has 0 radical (unpaired) electrons. The molecule has 0 aliphatic rings. The van der Waals surface area contributed by atoms with Gasteiger partial charge in [0.1, 0.15) is 6.04 Å². The summed E-state index contributed by atoms with van der Waals surface area (Å²) in [7, 11) is -2.31. The largest absolute Gasteiger partial charge is 0.480 e. The highest BCUT2D eigenvalue weighted by atomic mass is 32.2. The molecule has 0 fully saturated rings. The molecule has 21 heavy (non-hydrogen) atoms. The molecule has 0 aliphatic heterocycles. The predicted octanol–water partition coefficient (Wildman–Crippen LogP) is 1.46. The van der Waals surface area contributed by atoms with Gasteiger partial charge in [-0.25, -0.2) is 8.42 Å². The van der Waals surface area contributed by atoms with Gasteiger partial charge in [-0.05, 0) is 24.5 Å². The second-order valence-corrected chi connectivity index (χ2v) is 6.00. The maximum Gasteiger partial charge on any atom is 0.321 e. The summed E-state index contributed by atoms with van der Waals surface area (Å²) in [5, 5.41) is 10.00. The first-order valence-corrected chi connectivity index (χ1v) is 7.96. The summed E-state index contributed by atoms with van der Waals surface area (Å²) in [4.78, 5) is 11.1. The average molecular weight is 313 g/mol. The molecule has 0 spiro atoms. The Morgan fingerprint density at radius 2 is 2.05 bits per heavy atom. The van der Waals surface area contributed by atoms with Crippen molar-refractivity contribution in [1.82, 2.24) is 4.72 Å². The number of ether oxygens (including phenoxy) is 1. The lowest BCUT2D eigenvalue weighted by atomic mass is 10.2. The molecule has 0 saturated carbocycles. The fourth-order valence-corrected chi connectivity index (χ4v) is 2.66. The molecule has 1 aromatic carbocycles. The zero-order chi connectivity index (χ0) is 15.7. The van der Waals surface area contributed by atoms with Crippen molar-refractivity contribution in [1.29, 1.82) is 0 Å². The minimum atomic E-state index is -3.81. The minimum absolute atomic E-state index is 0.168. The molecule has 0 saturated heterocycles. The molecular formula is C14H19NO5S. The van der Waals surface area contributed by atoms with E-state index in [1.807, 2.05) is 6.07 Å². The second-order valence-electron chi connectivity index (χ2n) is 4.40. The molecule has 2 N–H and O–H groups in total. The molecule has 116 valence electrons. The smallest absolute Gasteiger partial charge is 0.321 e. The van der Waals surface area contributed by atoms with E-state index in [1.165, 1.54) is 13.2 Å². The van der Waals surface area contributed by atoms with Gasteiger partial charge in [-0.1, -0.05) is 30.3 Å². The number of carbonyl (C=O) groups is 1. The third kappa shape index (κ3) is 7.03. The Labute approximate surface area is 124 Å². The van der Waals surface area contributed by atoms with Gasteiger partial charge in [0, 0.05) is 19.1 Å². The van der Waals surface area contributed by atoms with Gasteiger partial charge in [0.2, 0.25) is 10.0 Å². The molecule has 0 heterocycles. The fourth-order valence-electron chi connectivity index (χ4n) is 1.63. The summed E-state index contributed by atoms with van der Waals surface area (Å²) in [6.45, 7) is 0.380. The van der Waals surface area contributed by atoms with Gasteiger partial charge in [-0.15, -0.1) is 0 Å². The molecule has 1 aromatic rings. The summed E-state index contributed by atoms with van der Waals surface area (Å²) in [5.41, 5.74) is 0.717. The number of nitrogens with one attached hydrogen (secondary N) is 1. The Morgan fingerprint density at radius 1 is 1.38 bits per heavy atom. The standard InChI is InChI=1S/C14H19NO5S/c1-20-10-5-8-13(14(16)17)15-21(18,19)11-9-12-6-3-2-4-7-12/h2-4,6-7,9,11,13,15H,5,8,10H2,1H3,(H,16,17)/b11-9+. The molecule has 1 rings (SSSR count). The lowest BCUT2D eigenvalue weighted by Crippen LogP contribution is -2.39. The first kappa shape index (κ1) is 17.4. The average Bonchev–Trinajstić information content (AvgIpc) is 2.45. The van der Waals surface area contributed by atoms with Crippen molar-refractivity contribution < 1.29 is 23.1 Å². The zero-order valence-electron chi connectivity index (χ0n) is 11.7. The van der Waals surface area contributed by atoms with Crippen LogP contribution in [0, 0.1) is 0 Å². The van der Waals surface area contributed by atoms with Crippen molar-refractivity contribution >= 4 is 22.1 Å². The van der Waals surface area contributed by atoms with Crippen LogP contribution >= 0.6 is 0 Å². The number of methoxy groups -OCH3 is 1. The van der Waals surface area contributed by atoms with E-state index in [2.05, 4.69) is 4.72 Å². The highest BCUT2D eigenvalue weighted by molar-refractivity contribution is 7.92. The molecule has 1 unspecified atom stereocenters. The van der Waals surface area contributed by atoms with E-state index in [1.54, 1.807) is 24.3 Å². The first-order valence-electron chi connectivity index (χ1n) is 6.42. The van der Waals surface area contributed by atoms with Crippen LogP contribution in [0.5, 0.6) is 0 Å². The van der Waals surface area contributed by atoms with Crippen molar-refractivity contribution in [3.63, 3.8) is 0 Å². The van der Waals surface area contributed by atoms with E-state index in [9.17, 15) is 13.2 Å². The van der Waals surface area contributed by atoms with Crippen molar-refractivity contribution in [3.05, 3.63) is 41.3 Å². The second kappa shape index (κ2) is 8.56. The number of aliphatic carboxylic acids is 1. The van der Waals surface area contributed by atoms with Crippen molar-refractivity contribution in [2.75, 3.05) is 13.7 Å². The molecule has 6 nitrogen and oxygen atoms in total. The maximum atomic E-state index is 11.9. The number of carboxylic acid groups (broad SMARTS) is 1. The van der Waals surface area contributed by atoms with E-state index in [-0.39, 0.29) is 6.42 Å². The van der Waals surface area contributed by atoms with Gasteiger partial charge < -0.3 is 9.84 Å². The number of hydrogen-bond acceptors (Lipinski definition) is 4. The number of benzene rings is 1. The van der Waals surface area contributed by atoms with Crippen LogP contribution in [0.25, 0.3) is 6.08 Å². The molecular weight excluding hydrogens is 294 g/mol. The van der Waals surface area contributed by atoms with E-state index in [0.717, 1.165) is 5.41 Å². The van der Waals surface area contributed by atoms with E-state index < -0.39 is 22.0 Å². The van der Waals surface area contributed by atoms with Crippen LogP contribution in [0.15, 0.2) is 35.7 Å². The predicted molar refractivity (Wildman–Crippen MR) is 80.1 cm³/mol. The fraction of sp³-hybridized carbons (Fsp3) is 0.357. The Morgan fingerprint density at radius 3 is 2.62 bits per heavy atom. The van der Waals surface area contributed by atoms with Crippen LogP contribution in [0.2, 0.25) is 0 Å². The summed E-state index contributed by atoms with van der Waals surface area (Å²) in [5.74, 6) is -1.21. The van der Waals surface area contributed by atoms with E-state index in [0.29, 0.717) is 18.6 Å². The molecule has 0 aliphatic carbocycles. The SMILES string of the molecule is COCCCC(NS(=O)(=O)/C=C/c1ccccc1)C(=O)O. The Bertz CT molecular complexity index is 568. The van der Waals surface area contributed by atoms with Gasteiger partial charge >= 0.3 is 5.97 Å². The molecule has 0 bridgehead atoms. The quantitative estimate of drug-likeness (QED) is 0.673. The Hall–Kier alpha value is -1.70. The van der Waals surface area contributed by atoms with Gasteiger partial charge in [-0.2, -0.15) is 4.72 Å². The van der Waals surface area contributed by atoms with Crippen LogP contribution in [0.4, 0.5) is 0 Å². The molecule has 0 aromatic heterocycles. The van der Waals surface area contributed by atoms with E-state index in [4.69, 9.17) is 9.84 Å². The lowest BCUT2D eigenvalue weighted by Gasteiger charge is -2.12. The normalized spacial score (nSPS) is 13.4. The van der Waals surface area contributed by atoms with Gasteiger partial charge in [0.05, 0.1) is 0 Å². The molecule has 1 atom stereocenters. The van der Waals surface area contributed by atoms with Gasteiger partial charge in [-0.3, -0.25) is 4.79 Å². The lowest BCUT2D eigenvalue weighted by molar-refractivity contribution is -0.139. The van der Waals surface area contributed by atoms with Crippen LogP contribution in [-0.4, -0.2) is 39.3 Å². The third-order valence-corrected chi connectivity index (χ3v) is 3.79. The van der Waals surface area contributed by atoms with Crippen LogP contribution in [-0.2, 0) is 19.6 Å². The minimum Gasteiger partial charge on any atom is -0.480 e. The molecule has 0 amide bonds. The molecule has 7 heteroatoms. The number of sulfonamides is 1. The van der Waals surface area contributed by atoms with E-state index >= 15 is 0 Å². The van der Waals surface area contributed by atoms with Crippen molar-refractivity contribution in [3.8, 4) is 0 Å². The Kier molecular flexibility index (Phi) is 7.07. The topological polar surface area (TPSA) is 92.7 Å². The summed E-state index contributed by atoms with van der Waals surface area (Å²) >= 11 is 0. The van der Waals surface area contributed by atoms with Crippen LogP contribution in [0.3, 0.4) is 0 Å². The third-order valence-electron chi connectivity index (χ3n) is 2.69. The summed E-state index contributed by atoms with van der Waals surface area (Å²) in [6.07, 6.45) is 2.04. The highest BCUT2D eigenvalue weighted by Gasteiger charge is 2.21. The maximum absolute atomic E-state index is 11.9. The highest BCUT2D eigenvalue weighted by Crippen LogP contribution is 2.05. The summed E-state index contributed by atoms with van der Waals surface area (Å²) in [6, 6.07) is 7.72. The monoisotopic (exact) mass is 313 g/mol. The van der Waals surface area contributed by atoms with Gasteiger partial charge in [0.15, 0.2) is 0 Å².